The van der Waals surface area contributed by atoms with Gasteiger partial charge in [-0.05, 0) is 30.3 Å². The van der Waals surface area contributed by atoms with Crippen LogP contribution in [0, 0.1) is 5.82 Å². The zero-order valence-corrected chi connectivity index (χ0v) is 17.2. The van der Waals surface area contributed by atoms with Crippen molar-refractivity contribution in [3.63, 3.8) is 0 Å². The number of methoxy groups -OCH3 is 1. The molecule has 0 spiro atoms. The molecule has 0 radical (unpaired) electrons. The van der Waals surface area contributed by atoms with Crippen LogP contribution in [-0.2, 0) is 11.0 Å². The summed E-state index contributed by atoms with van der Waals surface area (Å²) in [6.45, 7) is 0. The fraction of sp³-hybridized carbons (Fsp3) is 0.174. The Kier molecular flexibility index (Phi) is 6.95. The molecule has 0 saturated heterocycles. The van der Waals surface area contributed by atoms with Crippen molar-refractivity contribution in [3.05, 3.63) is 83.3 Å². The lowest BCUT2D eigenvalue weighted by molar-refractivity contribution is -0.138. The first-order valence-electron chi connectivity index (χ1n) is 9.60. The number of carbonyl (C=O) groups excluding carboxylic acids is 1. The lowest BCUT2D eigenvalue weighted by Crippen LogP contribution is -2.31. The fourth-order valence-corrected chi connectivity index (χ4v) is 3.16. The molecular formula is C23H18F4N2O4. The van der Waals surface area contributed by atoms with Gasteiger partial charge in [0, 0.05) is 11.1 Å². The number of hydrogen-bond donors (Lipinski definition) is 2. The number of hydrogen-bond acceptors (Lipinski definition) is 4. The number of ether oxygens (including phenoxy) is 1. The number of carboxylic acids is 1. The number of rotatable bonds is 7. The van der Waals surface area contributed by atoms with Gasteiger partial charge in [-0.15, -0.1) is 0 Å². The number of carbonyl (C=O) groups is 2. The van der Waals surface area contributed by atoms with E-state index in [0.717, 1.165) is 18.2 Å². The highest BCUT2D eigenvalue weighted by molar-refractivity contribution is 5.93. The molecular weight excluding hydrogens is 444 g/mol. The van der Waals surface area contributed by atoms with Gasteiger partial charge < -0.3 is 15.2 Å². The summed E-state index contributed by atoms with van der Waals surface area (Å²) >= 11 is 0. The Labute approximate surface area is 185 Å². The Balaban J connectivity index is 1.93. The van der Waals surface area contributed by atoms with E-state index in [1.54, 1.807) is 0 Å². The van der Waals surface area contributed by atoms with E-state index in [9.17, 15) is 32.3 Å². The second-order valence-electron chi connectivity index (χ2n) is 6.97. The smallest absolute Gasteiger partial charge is 0.416 e. The van der Waals surface area contributed by atoms with E-state index in [1.165, 1.54) is 49.6 Å². The normalized spacial score (nSPS) is 12.2. The Bertz CT molecular complexity index is 1160. The number of halogens is 4. The maximum Gasteiger partial charge on any atom is 0.416 e. The molecule has 1 amide bonds. The van der Waals surface area contributed by atoms with E-state index in [1.807, 2.05) is 0 Å². The predicted octanol–water partition coefficient (Wildman–Crippen LogP) is 4.86. The molecule has 0 aliphatic heterocycles. The highest BCUT2D eigenvalue weighted by Crippen LogP contribution is 2.33. The first kappa shape index (κ1) is 23.7. The number of benzene rings is 2. The van der Waals surface area contributed by atoms with Crippen LogP contribution in [0.3, 0.4) is 0 Å². The van der Waals surface area contributed by atoms with Crippen molar-refractivity contribution in [3.8, 4) is 17.0 Å². The third-order valence-corrected chi connectivity index (χ3v) is 4.76. The second-order valence-corrected chi connectivity index (χ2v) is 6.97. The van der Waals surface area contributed by atoms with Gasteiger partial charge in [0.2, 0.25) is 0 Å². The standard InChI is InChI=1S/C23H18F4N2O4/c1-33-19-11-10-17(28-21(19)13-6-8-14(9-7-13)23(25,26)27)22(32)29-18(12-20(30)31)15-4-2-3-5-16(15)24/h2-11,18H,12H2,1H3,(H,29,32)(H,30,31). The third kappa shape index (κ3) is 5.65. The molecule has 0 bridgehead atoms. The number of aromatic nitrogens is 1. The number of nitrogens with one attached hydrogen (secondary N) is 1. The Morgan fingerprint density at radius 3 is 2.30 bits per heavy atom. The molecule has 1 heterocycles. The van der Waals surface area contributed by atoms with Gasteiger partial charge in [-0.1, -0.05) is 30.3 Å². The Hall–Kier alpha value is -3.95. The van der Waals surface area contributed by atoms with Crippen molar-refractivity contribution in [2.24, 2.45) is 0 Å². The SMILES string of the molecule is COc1ccc(C(=O)NC(CC(=O)O)c2ccccc2F)nc1-c1ccc(C(F)(F)F)cc1. The summed E-state index contributed by atoms with van der Waals surface area (Å²) in [5.41, 5.74) is -0.632. The molecule has 3 aromatic rings. The van der Waals surface area contributed by atoms with Gasteiger partial charge in [0.1, 0.15) is 23.0 Å². The first-order chi connectivity index (χ1) is 15.6. The quantitative estimate of drug-likeness (QED) is 0.490. The number of aliphatic carboxylic acids is 1. The molecule has 2 aromatic carbocycles. The van der Waals surface area contributed by atoms with Gasteiger partial charge in [0.15, 0.2) is 0 Å². The van der Waals surface area contributed by atoms with Crippen molar-refractivity contribution in [2.75, 3.05) is 7.11 Å². The second kappa shape index (κ2) is 9.68. The van der Waals surface area contributed by atoms with E-state index in [2.05, 4.69) is 10.3 Å². The molecule has 1 atom stereocenters. The van der Waals surface area contributed by atoms with Gasteiger partial charge in [-0.25, -0.2) is 9.37 Å². The molecule has 0 aliphatic carbocycles. The van der Waals surface area contributed by atoms with Gasteiger partial charge in [-0.2, -0.15) is 13.2 Å². The van der Waals surface area contributed by atoms with E-state index in [4.69, 9.17) is 4.74 Å². The van der Waals surface area contributed by atoms with Crippen molar-refractivity contribution < 1.29 is 37.0 Å². The zero-order chi connectivity index (χ0) is 24.2. The number of nitrogens with zero attached hydrogens (tertiary/aromatic N) is 1. The van der Waals surface area contributed by atoms with Crippen LogP contribution in [0.4, 0.5) is 17.6 Å². The minimum atomic E-state index is -4.51. The number of alkyl halides is 3. The largest absolute Gasteiger partial charge is 0.494 e. The lowest BCUT2D eigenvalue weighted by Gasteiger charge is -2.18. The zero-order valence-electron chi connectivity index (χ0n) is 17.2. The van der Waals surface area contributed by atoms with Crippen LogP contribution in [-0.4, -0.2) is 29.1 Å². The molecule has 0 aliphatic rings. The fourth-order valence-electron chi connectivity index (χ4n) is 3.16. The van der Waals surface area contributed by atoms with Crippen molar-refractivity contribution in [1.29, 1.82) is 0 Å². The maximum atomic E-state index is 14.2. The molecule has 3 rings (SSSR count). The summed E-state index contributed by atoms with van der Waals surface area (Å²) in [6.07, 6.45) is -5.09. The topological polar surface area (TPSA) is 88.5 Å². The van der Waals surface area contributed by atoms with Gasteiger partial charge in [0.25, 0.3) is 5.91 Å². The first-order valence-corrected chi connectivity index (χ1v) is 9.60. The van der Waals surface area contributed by atoms with Crippen molar-refractivity contribution >= 4 is 11.9 Å². The average Bonchev–Trinajstić information content (AvgIpc) is 2.77. The van der Waals surface area contributed by atoms with E-state index in [-0.39, 0.29) is 28.3 Å². The monoisotopic (exact) mass is 462 g/mol. The van der Waals surface area contributed by atoms with Crippen LogP contribution in [0.2, 0.25) is 0 Å². The highest BCUT2D eigenvalue weighted by Gasteiger charge is 2.30. The molecule has 6 nitrogen and oxygen atoms in total. The molecule has 172 valence electrons. The number of pyridine rings is 1. The number of carboxylic acid groups (broad SMARTS) is 1. The summed E-state index contributed by atoms with van der Waals surface area (Å²) in [5.74, 6) is -2.52. The molecule has 2 N–H and O–H groups in total. The minimum Gasteiger partial charge on any atom is -0.494 e. The predicted molar refractivity (Wildman–Crippen MR) is 110 cm³/mol. The van der Waals surface area contributed by atoms with Crippen LogP contribution >= 0.6 is 0 Å². The van der Waals surface area contributed by atoms with Crippen molar-refractivity contribution in [2.45, 2.75) is 18.6 Å². The molecule has 1 unspecified atom stereocenters. The van der Waals surface area contributed by atoms with Crippen LogP contribution in [0.5, 0.6) is 5.75 Å². The minimum absolute atomic E-state index is 0.00951. The average molecular weight is 462 g/mol. The number of amides is 1. The summed E-state index contributed by atoms with van der Waals surface area (Å²) in [5, 5.41) is 11.6. The molecule has 10 heteroatoms. The summed E-state index contributed by atoms with van der Waals surface area (Å²) in [4.78, 5) is 28.3. The molecule has 0 fully saturated rings. The summed E-state index contributed by atoms with van der Waals surface area (Å²) in [7, 11) is 1.34. The summed E-state index contributed by atoms with van der Waals surface area (Å²) < 4.78 is 58.0. The van der Waals surface area contributed by atoms with Crippen LogP contribution in [0.1, 0.15) is 34.1 Å². The van der Waals surface area contributed by atoms with Gasteiger partial charge in [0.05, 0.1) is 25.1 Å². The van der Waals surface area contributed by atoms with E-state index < -0.39 is 41.9 Å². The molecule has 0 saturated carbocycles. The van der Waals surface area contributed by atoms with Gasteiger partial charge >= 0.3 is 12.1 Å². The van der Waals surface area contributed by atoms with Crippen LogP contribution in [0.25, 0.3) is 11.3 Å². The van der Waals surface area contributed by atoms with E-state index >= 15 is 0 Å². The van der Waals surface area contributed by atoms with E-state index in [0.29, 0.717) is 0 Å². The van der Waals surface area contributed by atoms with Gasteiger partial charge in [-0.3, -0.25) is 9.59 Å². The third-order valence-electron chi connectivity index (χ3n) is 4.76. The Morgan fingerprint density at radius 2 is 1.73 bits per heavy atom. The molecule has 33 heavy (non-hydrogen) atoms. The van der Waals surface area contributed by atoms with Crippen LogP contribution < -0.4 is 10.1 Å². The van der Waals surface area contributed by atoms with Crippen LogP contribution in [0.15, 0.2) is 60.7 Å². The summed E-state index contributed by atoms with van der Waals surface area (Å²) in [6, 6.07) is 11.1. The maximum absolute atomic E-state index is 14.2. The molecule has 1 aromatic heterocycles. The lowest BCUT2D eigenvalue weighted by atomic mass is 10.0. The Morgan fingerprint density at radius 1 is 1.06 bits per heavy atom. The van der Waals surface area contributed by atoms with Crippen molar-refractivity contribution in [1.82, 2.24) is 10.3 Å². The highest BCUT2D eigenvalue weighted by atomic mass is 19.4.